The maximum absolute atomic E-state index is 11.9. The summed E-state index contributed by atoms with van der Waals surface area (Å²) in [4.78, 5) is 35.2. The molecule has 0 atom stereocenters. The van der Waals surface area contributed by atoms with Crippen LogP contribution >= 0.6 is 0 Å². The van der Waals surface area contributed by atoms with Crippen LogP contribution in [0, 0.1) is 0 Å². The first kappa shape index (κ1) is 15.5. The number of carbonyl (C=O) groups excluding carboxylic acids is 2. The number of benzene rings is 1. The van der Waals surface area contributed by atoms with Crippen molar-refractivity contribution >= 4 is 23.6 Å². The predicted octanol–water partition coefficient (Wildman–Crippen LogP) is 0.985. The number of rotatable bonds is 5. The number of anilines is 1. The van der Waals surface area contributed by atoms with Gasteiger partial charge in [-0.05, 0) is 31.2 Å². The van der Waals surface area contributed by atoms with Gasteiger partial charge in [0.15, 0.2) is 0 Å². The van der Waals surface area contributed by atoms with Crippen LogP contribution in [-0.2, 0) is 4.79 Å². The molecule has 0 unspecified atom stereocenters. The monoisotopic (exact) mass is 279 g/mol. The Hall–Kier alpha value is -2.57. The zero-order chi connectivity index (χ0) is 15.1. The Morgan fingerprint density at radius 2 is 1.80 bits per heavy atom. The molecule has 0 saturated heterocycles. The zero-order valence-corrected chi connectivity index (χ0v) is 11.3. The number of aromatic carboxylic acids is 1. The molecule has 0 aliphatic rings. The van der Waals surface area contributed by atoms with Crippen LogP contribution in [0.1, 0.15) is 17.3 Å². The number of carboxylic acids is 1. The van der Waals surface area contributed by atoms with Crippen LogP contribution in [-0.4, -0.2) is 48.1 Å². The number of carbonyl (C=O) groups is 3. The number of nitrogens with zero attached hydrogens (tertiary/aromatic N) is 1. The van der Waals surface area contributed by atoms with Crippen LogP contribution in [0.5, 0.6) is 0 Å². The third kappa shape index (κ3) is 4.27. The summed E-state index contributed by atoms with van der Waals surface area (Å²) in [5.74, 6) is -1.29. The molecule has 3 N–H and O–H groups in total. The molecule has 1 aromatic carbocycles. The van der Waals surface area contributed by atoms with Gasteiger partial charge in [-0.15, -0.1) is 0 Å². The summed E-state index contributed by atoms with van der Waals surface area (Å²) in [6.07, 6.45) is 0. The van der Waals surface area contributed by atoms with Gasteiger partial charge in [-0.25, -0.2) is 9.59 Å². The fourth-order valence-electron chi connectivity index (χ4n) is 1.48. The molecule has 0 aliphatic carbocycles. The largest absolute Gasteiger partial charge is 0.478 e. The van der Waals surface area contributed by atoms with Gasteiger partial charge in [0.25, 0.3) is 0 Å². The van der Waals surface area contributed by atoms with Gasteiger partial charge in [0.05, 0.1) is 5.56 Å². The van der Waals surface area contributed by atoms with Crippen molar-refractivity contribution in [2.45, 2.75) is 6.92 Å². The molecular formula is C13H17N3O4. The van der Waals surface area contributed by atoms with E-state index in [9.17, 15) is 14.4 Å². The Balaban J connectivity index is 2.68. The zero-order valence-electron chi connectivity index (χ0n) is 11.3. The highest BCUT2D eigenvalue weighted by Crippen LogP contribution is 2.10. The smallest absolute Gasteiger partial charge is 0.335 e. The summed E-state index contributed by atoms with van der Waals surface area (Å²) in [7, 11) is 1.50. The second-order valence-corrected chi connectivity index (χ2v) is 4.00. The van der Waals surface area contributed by atoms with Crippen molar-refractivity contribution in [1.29, 1.82) is 0 Å². The average molecular weight is 279 g/mol. The third-order valence-electron chi connectivity index (χ3n) is 2.67. The van der Waals surface area contributed by atoms with Gasteiger partial charge in [0.2, 0.25) is 5.91 Å². The highest BCUT2D eigenvalue weighted by molar-refractivity contribution is 5.93. The number of hydrogen-bond acceptors (Lipinski definition) is 3. The molecule has 0 spiro atoms. The first-order valence-corrected chi connectivity index (χ1v) is 6.07. The molecule has 0 aliphatic heterocycles. The number of nitrogens with one attached hydrogen (secondary N) is 2. The standard InChI is InChI=1S/C13H17N3O4/c1-3-16(8-11(17)14-2)13(20)15-10-6-4-9(5-7-10)12(18)19/h4-7H,3,8H2,1-2H3,(H,14,17)(H,15,20)(H,18,19). The summed E-state index contributed by atoms with van der Waals surface area (Å²) in [5, 5.41) is 13.8. The summed E-state index contributed by atoms with van der Waals surface area (Å²) in [6, 6.07) is 5.36. The van der Waals surface area contributed by atoms with E-state index in [2.05, 4.69) is 10.6 Å². The normalized spacial score (nSPS) is 9.70. The van der Waals surface area contributed by atoms with Crippen molar-refractivity contribution in [3.8, 4) is 0 Å². The molecule has 1 aromatic rings. The molecular weight excluding hydrogens is 262 g/mol. The van der Waals surface area contributed by atoms with Gasteiger partial charge >= 0.3 is 12.0 Å². The first-order chi connectivity index (χ1) is 9.47. The van der Waals surface area contributed by atoms with E-state index in [0.717, 1.165) is 0 Å². The van der Waals surface area contributed by atoms with Crippen LogP contribution in [0.2, 0.25) is 0 Å². The number of urea groups is 1. The number of carboxylic acid groups (broad SMARTS) is 1. The molecule has 0 saturated carbocycles. The number of amides is 3. The summed E-state index contributed by atoms with van der Waals surface area (Å²) >= 11 is 0. The number of likely N-dealkylation sites (N-methyl/N-ethyl adjacent to an activating group) is 2. The molecule has 0 fully saturated rings. The van der Waals surface area contributed by atoms with Crippen LogP contribution < -0.4 is 10.6 Å². The molecule has 0 bridgehead atoms. The molecule has 7 heteroatoms. The second kappa shape index (κ2) is 7.13. The minimum absolute atomic E-state index is 0.0357. The van der Waals surface area contributed by atoms with Crippen molar-refractivity contribution in [1.82, 2.24) is 10.2 Å². The minimum Gasteiger partial charge on any atom is -0.478 e. The Morgan fingerprint density at radius 1 is 1.20 bits per heavy atom. The summed E-state index contributed by atoms with van der Waals surface area (Å²) in [5.41, 5.74) is 0.607. The molecule has 3 amide bonds. The Morgan fingerprint density at radius 3 is 2.25 bits per heavy atom. The van der Waals surface area contributed by atoms with E-state index in [4.69, 9.17) is 5.11 Å². The van der Waals surface area contributed by atoms with Gasteiger partial charge in [0, 0.05) is 19.3 Å². The average Bonchev–Trinajstić information content (AvgIpc) is 2.44. The Labute approximate surface area is 116 Å². The highest BCUT2D eigenvalue weighted by Gasteiger charge is 2.14. The molecule has 7 nitrogen and oxygen atoms in total. The van der Waals surface area contributed by atoms with E-state index in [-0.39, 0.29) is 18.0 Å². The fraction of sp³-hybridized carbons (Fsp3) is 0.308. The lowest BCUT2D eigenvalue weighted by molar-refractivity contribution is -0.121. The van der Waals surface area contributed by atoms with Crippen molar-refractivity contribution in [2.24, 2.45) is 0 Å². The Kier molecular flexibility index (Phi) is 5.52. The van der Waals surface area contributed by atoms with E-state index < -0.39 is 12.0 Å². The molecule has 20 heavy (non-hydrogen) atoms. The molecule has 0 heterocycles. The maximum Gasteiger partial charge on any atom is 0.335 e. The van der Waals surface area contributed by atoms with Crippen molar-refractivity contribution < 1.29 is 19.5 Å². The van der Waals surface area contributed by atoms with E-state index in [1.54, 1.807) is 6.92 Å². The predicted molar refractivity (Wildman–Crippen MR) is 73.7 cm³/mol. The minimum atomic E-state index is -1.03. The second-order valence-electron chi connectivity index (χ2n) is 4.00. The lowest BCUT2D eigenvalue weighted by Gasteiger charge is -2.20. The van der Waals surface area contributed by atoms with E-state index in [0.29, 0.717) is 12.2 Å². The van der Waals surface area contributed by atoms with Crippen LogP contribution in [0.4, 0.5) is 10.5 Å². The van der Waals surface area contributed by atoms with Crippen molar-refractivity contribution in [3.63, 3.8) is 0 Å². The van der Waals surface area contributed by atoms with E-state index >= 15 is 0 Å². The summed E-state index contributed by atoms with van der Waals surface area (Å²) in [6.45, 7) is 2.11. The fourth-order valence-corrected chi connectivity index (χ4v) is 1.48. The SMILES string of the molecule is CCN(CC(=O)NC)C(=O)Nc1ccc(C(=O)O)cc1. The topological polar surface area (TPSA) is 98.7 Å². The van der Waals surface area contributed by atoms with Crippen LogP contribution in [0.15, 0.2) is 24.3 Å². The quantitative estimate of drug-likeness (QED) is 0.748. The molecule has 108 valence electrons. The highest BCUT2D eigenvalue weighted by atomic mass is 16.4. The lowest BCUT2D eigenvalue weighted by atomic mass is 10.2. The summed E-state index contributed by atoms with van der Waals surface area (Å²) < 4.78 is 0. The van der Waals surface area contributed by atoms with Gasteiger partial charge < -0.3 is 20.6 Å². The van der Waals surface area contributed by atoms with Gasteiger partial charge in [-0.1, -0.05) is 0 Å². The lowest BCUT2D eigenvalue weighted by Crippen LogP contribution is -2.41. The Bertz CT molecular complexity index is 499. The van der Waals surface area contributed by atoms with E-state index in [1.807, 2.05) is 0 Å². The third-order valence-corrected chi connectivity index (χ3v) is 2.67. The van der Waals surface area contributed by atoms with Crippen LogP contribution in [0.25, 0.3) is 0 Å². The van der Waals surface area contributed by atoms with E-state index in [1.165, 1.54) is 36.2 Å². The molecule has 0 radical (unpaired) electrons. The van der Waals surface area contributed by atoms with Gasteiger partial charge in [-0.2, -0.15) is 0 Å². The maximum atomic E-state index is 11.9. The van der Waals surface area contributed by atoms with Gasteiger partial charge in [0.1, 0.15) is 6.54 Å². The van der Waals surface area contributed by atoms with Crippen molar-refractivity contribution in [2.75, 3.05) is 25.5 Å². The number of hydrogen-bond donors (Lipinski definition) is 3. The van der Waals surface area contributed by atoms with Gasteiger partial charge in [-0.3, -0.25) is 4.79 Å². The van der Waals surface area contributed by atoms with Crippen LogP contribution in [0.3, 0.4) is 0 Å². The molecule has 0 aromatic heterocycles. The van der Waals surface area contributed by atoms with Crippen molar-refractivity contribution in [3.05, 3.63) is 29.8 Å². The first-order valence-electron chi connectivity index (χ1n) is 6.07. The molecule has 1 rings (SSSR count).